The Hall–Kier alpha value is -3.28. The Kier molecular flexibility index (Phi) is 7.96. The van der Waals surface area contributed by atoms with Crippen molar-refractivity contribution in [3.8, 4) is 5.69 Å². The molecule has 11 heteroatoms. The monoisotopic (exact) mass is 510 g/mol. The smallest absolute Gasteiger partial charge is 0.338 e. The van der Waals surface area contributed by atoms with E-state index in [1.54, 1.807) is 35.9 Å². The lowest BCUT2D eigenvalue weighted by atomic mass is 9.94. The van der Waals surface area contributed by atoms with Crippen molar-refractivity contribution in [3.63, 3.8) is 0 Å². The lowest BCUT2D eigenvalue weighted by molar-refractivity contribution is -0.137. The summed E-state index contributed by atoms with van der Waals surface area (Å²) in [5.74, 6) is 0.521. The van der Waals surface area contributed by atoms with Gasteiger partial charge < -0.3 is 21.3 Å². The van der Waals surface area contributed by atoms with Gasteiger partial charge in [-0.15, -0.1) is 0 Å². The number of amides is 3. The number of benzene rings is 1. The van der Waals surface area contributed by atoms with Crippen LogP contribution >= 0.6 is 0 Å². The summed E-state index contributed by atoms with van der Waals surface area (Å²) in [7, 11) is 0. The number of nitrogens with one attached hydrogen (secondary N) is 1. The number of nitrogens with two attached hydrogens (primary N) is 2. The summed E-state index contributed by atoms with van der Waals surface area (Å²) in [4.78, 5) is 47.4. The number of carbonyl (C=O) groups is 2. The van der Waals surface area contributed by atoms with Crippen molar-refractivity contribution in [2.45, 2.75) is 45.3 Å². The molecule has 0 aliphatic carbocycles. The molecule has 2 atom stereocenters. The van der Waals surface area contributed by atoms with Crippen molar-refractivity contribution < 1.29 is 9.59 Å². The highest BCUT2D eigenvalue weighted by Crippen LogP contribution is 2.18. The number of piperidine rings is 1. The minimum Gasteiger partial charge on any atom is -0.338 e. The maximum atomic E-state index is 12.7. The van der Waals surface area contributed by atoms with E-state index < -0.39 is 11.2 Å². The van der Waals surface area contributed by atoms with Gasteiger partial charge in [-0.2, -0.15) is 4.98 Å². The maximum absolute atomic E-state index is 12.7. The Morgan fingerprint density at radius 3 is 2.30 bits per heavy atom. The lowest BCUT2D eigenvalue weighted by Crippen LogP contribution is -2.58. The molecular weight excluding hydrogens is 472 g/mol. The predicted molar refractivity (Wildman–Crippen MR) is 142 cm³/mol. The van der Waals surface area contributed by atoms with Gasteiger partial charge in [0.05, 0.1) is 11.2 Å². The minimum absolute atomic E-state index is 0.142. The Bertz CT molecular complexity index is 1170. The summed E-state index contributed by atoms with van der Waals surface area (Å²) < 4.78 is 1.44. The Labute approximate surface area is 217 Å². The van der Waals surface area contributed by atoms with Crippen LogP contribution < -0.4 is 22.5 Å². The zero-order valence-electron chi connectivity index (χ0n) is 21.9. The summed E-state index contributed by atoms with van der Waals surface area (Å²) in [6.45, 7) is 9.92. The molecule has 2 aliphatic heterocycles. The standard InChI is InChI=1S/C26H38N8O3/c1-18-16-31(10-8-21(18)27)17-19-4-6-20(7-5-19)34-11-9-22(30-25(34)37)29-24(36)33-14-12-32(13-15-33)23(35)26(2,3)28/h4-7,9,11,18,21H,8,10,12-17,27-28H2,1-3H3,(H,29,30,36,37)/t18?,21-/m1/s1. The van der Waals surface area contributed by atoms with Crippen LogP contribution in [0.1, 0.15) is 32.8 Å². The third-order valence-electron chi connectivity index (χ3n) is 7.12. The Morgan fingerprint density at radius 2 is 1.70 bits per heavy atom. The van der Waals surface area contributed by atoms with Gasteiger partial charge in [-0.25, -0.2) is 9.59 Å². The maximum Gasteiger partial charge on any atom is 0.354 e. The fraction of sp³-hybridized carbons (Fsp3) is 0.538. The van der Waals surface area contributed by atoms with Crippen LogP contribution in [0.25, 0.3) is 5.69 Å². The summed E-state index contributed by atoms with van der Waals surface area (Å²) in [6.07, 6.45) is 2.61. The van der Waals surface area contributed by atoms with Gasteiger partial charge >= 0.3 is 11.7 Å². The molecule has 1 aromatic heterocycles. The SMILES string of the molecule is CC1CN(Cc2ccc(-n3ccc(NC(=O)N4CCN(C(=O)C(C)(C)N)CC4)nc3=O)cc2)CC[C@H]1N. The first-order valence-corrected chi connectivity index (χ1v) is 12.8. The zero-order chi connectivity index (χ0) is 26.7. The van der Waals surface area contributed by atoms with Crippen LogP contribution in [0.15, 0.2) is 41.3 Å². The second kappa shape index (κ2) is 11.0. The molecule has 11 nitrogen and oxygen atoms in total. The van der Waals surface area contributed by atoms with E-state index in [0.717, 1.165) is 26.1 Å². The van der Waals surface area contributed by atoms with E-state index in [2.05, 4.69) is 22.1 Å². The molecule has 0 saturated carbocycles. The fourth-order valence-electron chi connectivity index (χ4n) is 4.79. The molecule has 2 saturated heterocycles. The highest BCUT2D eigenvalue weighted by Gasteiger charge is 2.31. The molecule has 1 aromatic carbocycles. The molecule has 1 unspecified atom stereocenters. The van der Waals surface area contributed by atoms with Gasteiger partial charge in [-0.1, -0.05) is 19.1 Å². The van der Waals surface area contributed by atoms with Gasteiger partial charge in [-0.05, 0) is 56.5 Å². The number of anilines is 1. The summed E-state index contributed by atoms with van der Waals surface area (Å²) in [5.41, 5.74) is 12.5. The number of nitrogens with zero attached hydrogens (tertiary/aromatic N) is 5. The van der Waals surface area contributed by atoms with Crippen molar-refractivity contribution >= 4 is 17.8 Å². The first kappa shape index (κ1) is 26.8. The number of likely N-dealkylation sites (tertiary alicyclic amines) is 1. The van der Waals surface area contributed by atoms with Crippen molar-refractivity contribution in [3.05, 3.63) is 52.6 Å². The van der Waals surface area contributed by atoms with Crippen molar-refractivity contribution in [1.29, 1.82) is 0 Å². The average Bonchev–Trinajstić information content (AvgIpc) is 2.86. The summed E-state index contributed by atoms with van der Waals surface area (Å²) in [5, 5.41) is 2.69. The summed E-state index contributed by atoms with van der Waals surface area (Å²) in [6, 6.07) is 9.36. The molecule has 2 aromatic rings. The van der Waals surface area contributed by atoms with E-state index in [9.17, 15) is 14.4 Å². The second-order valence-corrected chi connectivity index (χ2v) is 10.7. The average molecular weight is 511 g/mol. The van der Waals surface area contributed by atoms with Crippen LogP contribution in [0.5, 0.6) is 0 Å². The Balaban J connectivity index is 1.32. The highest BCUT2D eigenvalue weighted by atomic mass is 16.2. The van der Waals surface area contributed by atoms with Gasteiger partial charge in [-0.3, -0.25) is 19.6 Å². The molecule has 200 valence electrons. The van der Waals surface area contributed by atoms with Crippen LogP contribution in [0, 0.1) is 5.92 Å². The molecule has 0 spiro atoms. The van der Waals surface area contributed by atoms with Crippen molar-refractivity contribution in [2.75, 3.05) is 44.6 Å². The molecule has 0 bridgehead atoms. The third kappa shape index (κ3) is 6.54. The third-order valence-corrected chi connectivity index (χ3v) is 7.12. The molecule has 5 N–H and O–H groups in total. The number of hydrogen-bond donors (Lipinski definition) is 3. The van der Waals surface area contributed by atoms with Crippen LogP contribution in [-0.4, -0.2) is 87.0 Å². The summed E-state index contributed by atoms with van der Waals surface area (Å²) >= 11 is 0. The Morgan fingerprint density at radius 1 is 1.05 bits per heavy atom. The number of piperazine rings is 1. The molecule has 2 fully saturated rings. The van der Waals surface area contributed by atoms with E-state index in [-0.39, 0.29) is 23.8 Å². The minimum atomic E-state index is -0.945. The molecule has 3 heterocycles. The molecule has 0 radical (unpaired) electrons. The van der Waals surface area contributed by atoms with Gasteiger partial charge in [0.2, 0.25) is 5.91 Å². The topological polar surface area (TPSA) is 143 Å². The van der Waals surface area contributed by atoms with E-state index in [1.165, 1.54) is 10.1 Å². The predicted octanol–water partition coefficient (Wildman–Crippen LogP) is 0.815. The quantitative estimate of drug-likeness (QED) is 0.540. The van der Waals surface area contributed by atoms with Gasteiger partial charge in [0.1, 0.15) is 5.82 Å². The highest BCUT2D eigenvalue weighted by molar-refractivity contribution is 5.89. The van der Waals surface area contributed by atoms with Crippen LogP contribution in [-0.2, 0) is 11.3 Å². The van der Waals surface area contributed by atoms with Gasteiger partial charge in [0.25, 0.3) is 0 Å². The zero-order valence-corrected chi connectivity index (χ0v) is 21.9. The van der Waals surface area contributed by atoms with Crippen LogP contribution in [0.4, 0.5) is 10.6 Å². The first-order valence-electron chi connectivity index (χ1n) is 12.8. The normalized spacial score (nSPS) is 21.1. The van der Waals surface area contributed by atoms with Crippen LogP contribution in [0.3, 0.4) is 0 Å². The van der Waals surface area contributed by atoms with E-state index in [0.29, 0.717) is 37.8 Å². The number of urea groups is 1. The second-order valence-electron chi connectivity index (χ2n) is 10.7. The number of rotatable bonds is 5. The molecule has 3 amide bonds. The fourth-order valence-corrected chi connectivity index (χ4v) is 4.79. The van der Waals surface area contributed by atoms with Crippen molar-refractivity contribution in [2.24, 2.45) is 17.4 Å². The lowest BCUT2D eigenvalue weighted by Gasteiger charge is -2.37. The first-order chi connectivity index (χ1) is 17.5. The molecular formula is C26H38N8O3. The van der Waals surface area contributed by atoms with Gasteiger partial charge in [0.15, 0.2) is 0 Å². The van der Waals surface area contributed by atoms with Gasteiger partial charge in [0, 0.05) is 51.5 Å². The van der Waals surface area contributed by atoms with E-state index in [1.807, 2.05) is 24.3 Å². The molecule has 2 aliphatic rings. The van der Waals surface area contributed by atoms with Crippen LogP contribution in [0.2, 0.25) is 0 Å². The molecule has 37 heavy (non-hydrogen) atoms. The molecule has 4 rings (SSSR count). The number of aromatic nitrogens is 2. The van der Waals surface area contributed by atoms with E-state index in [4.69, 9.17) is 11.5 Å². The number of hydrogen-bond acceptors (Lipinski definition) is 7. The van der Waals surface area contributed by atoms with E-state index >= 15 is 0 Å². The largest absolute Gasteiger partial charge is 0.354 e. The van der Waals surface area contributed by atoms with Crippen molar-refractivity contribution in [1.82, 2.24) is 24.3 Å². The number of carbonyl (C=O) groups excluding carboxylic acids is 2.